The first kappa shape index (κ1) is 23.5. The Morgan fingerprint density at radius 1 is 1.19 bits per heavy atom. The zero-order valence-electron chi connectivity index (χ0n) is 17.7. The van der Waals surface area contributed by atoms with E-state index in [9.17, 15) is 19.5 Å². The molecular formula is C24H25NO6. The third-order valence-electron chi connectivity index (χ3n) is 4.57. The van der Waals surface area contributed by atoms with Crippen LogP contribution < -0.4 is 4.74 Å². The number of nitrogens with one attached hydrogen (secondary N) is 1. The zero-order chi connectivity index (χ0) is 23.2. The standard InChI is InChI=1S/C24H25NO6/c1-15(2)21(26)30-12-11-16-9-10-20(31-23(29)24(3,4)22(27)28)18(13-16)14-17-7-5-6-8-19(17)25/h5-10,13-14,25H,1,11-12H2,2-4H3,(H,27,28). The van der Waals surface area contributed by atoms with Gasteiger partial charge >= 0.3 is 17.9 Å². The largest absolute Gasteiger partial charge is 0.480 e. The molecule has 0 fully saturated rings. The lowest BCUT2D eigenvalue weighted by Gasteiger charge is -2.19. The number of hydrogen-bond acceptors (Lipinski definition) is 6. The van der Waals surface area contributed by atoms with Crippen molar-refractivity contribution >= 4 is 29.7 Å². The van der Waals surface area contributed by atoms with Gasteiger partial charge in [-0.05, 0) is 50.6 Å². The van der Waals surface area contributed by atoms with Gasteiger partial charge in [0.15, 0.2) is 5.41 Å². The Hall–Kier alpha value is -3.74. The van der Waals surface area contributed by atoms with E-state index in [1.807, 2.05) is 0 Å². The highest BCUT2D eigenvalue weighted by Gasteiger charge is 2.38. The second-order valence-electron chi connectivity index (χ2n) is 7.59. The van der Waals surface area contributed by atoms with Crippen LogP contribution >= 0.6 is 0 Å². The van der Waals surface area contributed by atoms with E-state index < -0.39 is 23.3 Å². The van der Waals surface area contributed by atoms with Crippen LogP contribution in [0.25, 0.3) is 6.08 Å². The summed E-state index contributed by atoms with van der Waals surface area (Å²) in [5.41, 5.74) is 0.775. The van der Waals surface area contributed by atoms with E-state index in [1.54, 1.807) is 55.5 Å². The van der Waals surface area contributed by atoms with Gasteiger partial charge in [-0.25, -0.2) is 4.79 Å². The maximum absolute atomic E-state index is 12.4. The first-order valence-electron chi connectivity index (χ1n) is 9.59. The van der Waals surface area contributed by atoms with Crippen LogP contribution in [0.15, 0.2) is 60.2 Å². The number of hydrogen-bond donors (Lipinski definition) is 2. The fourth-order valence-electron chi connectivity index (χ4n) is 2.45. The molecule has 1 aliphatic carbocycles. The van der Waals surface area contributed by atoms with Gasteiger partial charge in [0, 0.05) is 23.1 Å². The third kappa shape index (κ3) is 6.12. The normalized spacial score (nSPS) is 14.4. The number of rotatable bonds is 8. The van der Waals surface area contributed by atoms with Crippen molar-refractivity contribution in [2.75, 3.05) is 6.61 Å². The molecule has 7 heteroatoms. The summed E-state index contributed by atoms with van der Waals surface area (Å²) >= 11 is 0. The number of aliphatic carboxylic acids is 1. The molecule has 0 atom stereocenters. The lowest BCUT2D eigenvalue weighted by Crippen LogP contribution is -2.36. The molecule has 0 saturated carbocycles. The molecular weight excluding hydrogens is 398 g/mol. The van der Waals surface area contributed by atoms with Gasteiger partial charge in [0.2, 0.25) is 0 Å². The molecule has 2 N–H and O–H groups in total. The van der Waals surface area contributed by atoms with Crippen LogP contribution in [0.2, 0.25) is 0 Å². The third-order valence-corrected chi connectivity index (χ3v) is 4.57. The van der Waals surface area contributed by atoms with Crippen molar-refractivity contribution in [1.82, 2.24) is 0 Å². The van der Waals surface area contributed by atoms with E-state index >= 15 is 0 Å². The van der Waals surface area contributed by atoms with Crippen molar-refractivity contribution in [2.24, 2.45) is 5.41 Å². The summed E-state index contributed by atoms with van der Waals surface area (Å²) in [6, 6.07) is 5.01. The van der Waals surface area contributed by atoms with E-state index in [0.29, 0.717) is 23.1 Å². The molecule has 1 aliphatic rings. The van der Waals surface area contributed by atoms with Gasteiger partial charge < -0.3 is 20.0 Å². The predicted octanol–water partition coefficient (Wildman–Crippen LogP) is 3.89. The Balaban J connectivity index is 2.34. The minimum Gasteiger partial charge on any atom is -0.480 e. The maximum atomic E-state index is 12.4. The number of carbonyl (C=O) groups is 3. The molecule has 162 valence electrons. The predicted molar refractivity (Wildman–Crippen MR) is 117 cm³/mol. The summed E-state index contributed by atoms with van der Waals surface area (Å²) in [5, 5.41) is 17.3. The molecule has 0 aromatic heterocycles. The average molecular weight is 423 g/mol. The molecule has 0 saturated heterocycles. The number of ether oxygens (including phenoxy) is 2. The molecule has 7 nitrogen and oxygen atoms in total. The van der Waals surface area contributed by atoms with Gasteiger partial charge in [0.1, 0.15) is 5.75 Å². The summed E-state index contributed by atoms with van der Waals surface area (Å²) in [4.78, 5) is 35.3. The molecule has 0 amide bonds. The van der Waals surface area contributed by atoms with Crippen LogP contribution in [0.4, 0.5) is 0 Å². The highest BCUT2D eigenvalue weighted by atomic mass is 16.5. The summed E-state index contributed by atoms with van der Waals surface area (Å²) in [5.74, 6) is -2.51. The average Bonchev–Trinajstić information content (AvgIpc) is 2.71. The number of benzene rings is 1. The number of carbonyl (C=O) groups excluding carboxylic acids is 2. The molecule has 0 bridgehead atoms. The number of carboxylic acids is 1. The molecule has 31 heavy (non-hydrogen) atoms. The molecule has 1 aromatic rings. The minimum absolute atomic E-state index is 0.144. The van der Waals surface area contributed by atoms with Gasteiger partial charge in [-0.15, -0.1) is 0 Å². The Kier molecular flexibility index (Phi) is 7.47. The summed E-state index contributed by atoms with van der Waals surface area (Å²) < 4.78 is 10.5. The smallest absolute Gasteiger partial charge is 0.333 e. The van der Waals surface area contributed by atoms with Crippen molar-refractivity contribution in [2.45, 2.75) is 27.2 Å². The molecule has 0 spiro atoms. The Morgan fingerprint density at radius 3 is 2.48 bits per heavy atom. The van der Waals surface area contributed by atoms with Gasteiger partial charge in [0.25, 0.3) is 0 Å². The van der Waals surface area contributed by atoms with Gasteiger partial charge in [-0.1, -0.05) is 30.9 Å². The fraction of sp³-hybridized carbons (Fsp3) is 0.250. The highest BCUT2D eigenvalue weighted by Crippen LogP contribution is 2.28. The second kappa shape index (κ2) is 9.84. The van der Waals surface area contributed by atoms with E-state index in [0.717, 1.165) is 5.56 Å². The van der Waals surface area contributed by atoms with Crippen molar-refractivity contribution in [3.8, 4) is 5.75 Å². The van der Waals surface area contributed by atoms with Crippen molar-refractivity contribution in [3.63, 3.8) is 0 Å². The van der Waals surface area contributed by atoms with Crippen molar-refractivity contribution < 1.29 is 29.0 Å². The SMILES string of the molecule is C=C(C)C(=O)OCCc1ccc(OC(=O)C(C)(C)C(=O)O)c(C=C2C=CC=CC2=N)c1. The van der Waals surface area contributed by atoms with E-state index in [1.165, 1.54) is 13.8 Å². The van der Waals surface area contributed by atoms with Gasteiger partial charge in [-0.3, -0.25) is 9.59 Å². The van der Waals surface area contributed by atoms with Gasteiger partial charge in [0.05, 0.1) is 12.3 Å². The lowest BCUT2D eigenvalue weighted by atomic mass is 9.94. The van der Waals surface area contributed by atoms with E-state index in [2.05, 4.69) is 6.58 Å². The Bertz CT molecular complexity index is 1030. The highest BCUT2D eigenvalue weighted by molar-refractivity contribution is 6.12. The molecule has 0 unspecified atom stereocenters. The topological polar surface area (TPSA) is 114 Å². The second-order valence-corrected chi connectivity index (χ2v) is 7.59. The van der Waals surface area contributed by atoms with E-state index in [4.69, 9.17) is 14.9 Å². The fourth-order valence-corrected chi connectivity index (χ4v) is 2.45. The summed E-state index contributed by atoms with van der Waals surface area (Å²) in [6.07, 6.45) is 8.99. The Labute approximate surface area is 180 Å². The first-order valence-corrected chi connectivity index (χ1v) is 9.59. The number of esters is 2. The van der Waals surface area contributed by atoms with Crippen LogP contribution in [0, 0.1) is 10.8 Å². The summed E-state index contributed by atoms with van der Waals surface area (Å²) in [7, 11) is 0. The number of allylic oxidation sites excluding steroid dienone is 5. The van der Waals surface area contributed by atoms with Crippen LogP contribution in [0.1, 0.15) is 31.9 Å². The zero-order valence-corrected chi connectivity index (χ0v) is 17.7. The quantitative estimate of drug-likeness (QED) is 0.284. The van der Waals surface area contributed by atoms with Gasteiger partial charge in [-0.2, -0.15) is 0 Å². The summed E-state index contributed by atoms with van der Waals surface area (Å²) in [6.45, 7) is 7.78. The first-order chi connectivity index (χ1) is 14.5. The van der Waals surface area contributed by atoms with Crippen LogP contribution in [0.5, 0.6) is 5.75 Å². The van der Waals surface area contributed by atoms with Crippen LogP contribution in [0.3, 0.4) is 0 Å². The molecule has 0 radical (unpaired) electrons. The maximum Gasteiger partial charge on any atom is 0.333 e. The molecule has 2 rings (SSSR count). The van der Waals surface area contributed by atoms with Crippen LogP contribution in [-0.4, -0.2) is 35.3 Å². The number of carboxylic acid groups (broad SMARTS) is 1. The molecule has 1 aromatic carbocycles. The molecule has 0 aliphatic heterocycles. The Morgan fingerprint density at radius 2 is 1.87 bits per heavy atom. The molecule has 0 heterocycles. The minimum atomic E-state index is -1.72. The van der Waals surface area contributed by atoms with E-state index in [-0.39, 0.29) is 18.1 Å². The van der Waals surface area contributed by atoms with Crippen molar-refractivity contribution in [3.05, 3.63) is 71.4 Å². The van der Waals surface area contributed by atoms with Crippen LogP contribution in [-0.2, 0) is 25.5 Å². The monoisotopic (exact) mass is 423 g/mol. The van der Waals surface area contributed by atoms with Crippen molar-refractivity contribution in [1.29, 1.82) is 5.41 Å². The lowest BCUT2D eigenvalue weighted by molar-refractivity contribution is -0.160.